The molecule has 0 unspecified atom stereocenters. The molecular formula is C35H27Cl2N3O2. The Kier molecular flexibility index (Phi) is 6.93. The van der Waals surface area contributed by atoms with Gasteiger partial charge in [0.1, 0.15) is 5.82 Å². The Hall–Kier alpha value is -4.19. The van der Waals surface area contributed by atoms with E-state index < -0.39 is 5.97 Å². The Labute approximate surface area is 253 Å². The van der Waals surface area contributed by atoms with Gasteiger partial charge in [-0.2, -0.15) is 0 Å². The average Bonchev–Trinajstić information content (AvgIpc) is 3.40. The molecule has 7 heteroatoms. The van der Waals surface area contributed by atoms with Crippen molar-refractivity contribution >= 4 is 51.1 Å². The van der Waals surface area contributed by atoms with Gasteiger partial charge < -0.3 is 9.67 Å². The van der Waals surface area contributed by atoms with Crippen LogP contribution < -0.4 is 0 Å². The van der Waals surface area contributed by atoms with Gasteiger partial charge in [0.05, 0.1) is 27.8 Å². The van der Waals surface area contributed by atoms with Crippen LogP contribution >= 0.6 is 23.2 Å². The third kappa shape index (κ3) is 4.93. The molecule has 7 rings (SSSR count). The molecule has 0 spiro atoms. The van der Waals surface area contributed by atoms with E-state index in [-0.39, 0.29) is 5.56 Å². The Morgan fingerprint density at radius 2 is 1.48 bits per heavy atom. The van der Waals surface area contributed by atoms with Crippen molar-refractivity contribution in [3.05, 3.63) is 107 Å². The number of pyridine rings is 1. The predicted octanol–water partition coefficient (Wildman–Crippen LogP) is 10.1. The maximum atomic E-state index is 11.7. The number of aromatic nitrogens is 3. The highest BCUT2D eigenvalue weighted by molar-refractivity contribution is 6.31. The minimum absolute atomic E-state index is 0.247. The van der Waals surface area contributed by atoms with Crippen molar-refractivity contribution in [2.24, 2.45) is 0 Å². The lowest BCUT2D eigenvalue weighted by atomic mass is 9.94. The smallest absolute Gasteiger partial charge is 0.335 e. The van der Waals surface area contributed by atoms with Gasteiger partial charge in [-0.15, -0.1) is 0 Å². The van der Waals surface area contributed by atoms with Crippen molar-refractivity contribution < 1.29 is 9.90 Å². The van der Waals surface area contributed by atoms with Crippen molar-refractivity contribution in [2.45, 2.75) is 38.1 Å². The maximum absolute atomic E-state index is 11.7. The molecule has 208 valence electrons. The van der Waals surface area contributed by atoms with Crippen LogP contribution in [0.3, 0.4) is 0 Å². The molecule has 0 amide bonds. The number of rotatable bonds is 5. The van der Waals surface area contributed by atoms with Crippen LogP contribution in [0.2, 0.25) is 10.0 Å². The second-order valence-corrected chi connectivity index (χ2v) is 11.8. The van der Waals surface area contributed by atoms with Crippen LogP contribution in [0.15, 0.2) is 91.0 Å². The molecular weight excluding hydrogens is 565 g/mol. The molecule has 0 saturated heterocycles. The van der Waals surface area contributed by atoms with Crippen molar-refractivity contribution in [1.29, 1.82) is 0 Å². The summed E-state index contributed by atoms with van der Waals surface area (Å²) >= 11 is 12.6. The summed E-state index contributed by atoms with van der Waals surface area (Å²) in [4.78, 5) is 21.7. The summed E-state index contributed by atoms with van der Waals surface area (Å²) in [5, 5.41) is 11.9. The molecule has 42 heavy (non-hydrogen) atoms. The van der Waals surface area contributed by atoms with Crippen LogP contribution in [0.25, 0.3) is 55.7 Å². The minimum Gasteiger partial charge on any atom is -0.478 e. The molecule has 6 aromatic rings. The number of carboxylic acids is 1. The van der Waals surface area contributed by atoms with Crippen molar-refractivity contribution in [3.8, 4) is 33.8 Å². The van der Waals surface area contributed by atoms with Gasteiger partial charge >= 0.3 is 5.97 Å². The Morgan fingerprint density at radius 3 is 2.26 bits per heavy atom. The number of halogens is 2. The Balaban J connectivity index is 1.33. The lowest BCUT2D eigenvalue weighted by Crippen LogP contribution is -2.14. The second-order valence-electron chi connectivity index (χ2n) is 10.9. The van der Waals surface area contributed by atoms with Crippen molar-refractivity contribution in [2.75, 3.05) is 0 Å². The molecule has 1 saturated carbocycles. The van der Waals surface area contributed by atoms with Gasteiger partial charge in [-0.3, -0.25) is 0 Å². The fourth-order valence-corrected chi connectivity index (χ4v) is 6.47. The average molecular weight is 593 g/mol. The molecule has 4 aromatic carbocycles. The lowest BCUT2D eigenvalue weighted by molar-refractivity contribution is 0.0697. The molecule has 0 bridgehead atoms. The highest BCUT2D eigenvalue weighted by Gasteiger charge is 2.23. The first-order valence-electron chi connectivity index (χ1n) is 14.2. The fourth-order valence-electron chi connectivity index (χ4n) is 6.17. The van der Waals surface area contributed by atoms with E-state index in [1.165, 1.54) is 19.3 Å². The molecule has 1 fully saturated rings. The normalized spacial score (nSPS) is 14.0. The van der Waals surface area contributed by atoms with E-state index in [0.717, 1.165) is 63.0 Å². The van der Waals surface area contributed by atoms with E-state index in [1.54, 1.807) is 12.1 Å². The number of aromatic carboxylic acids is 1. The van der Waals surface area contributed by atoms with E-state index in [0.29, 0.717) is 21.6 Å². The van der Waals surface area contributed by atoms with Gasteiger partial charge in [0, 0.05) is 32.6 Å². The summed E-state index contributed by atoms with van der Waals surface area (Å²) in [6, 6.07) is 29.6. The van der Waals surface area contributed by atoms with Gasteiger partial charge in [0.25, 0.3) is 0 Å². The number of hydrogen-bond acceptors (Lipinski definition) is 3. The standard InChI is InChI=1S/C35H27Cl2N3O2/c36-25-11-6-21(7-12-25)28-14-13-26(37)20-29(28)31-16-8-22-18-23(9-15-30(22)38-31)34-39-32-19-24(35(41)42)10-17-33(32)40(34)27-4-2-1-3-5-27/h6-20,27H,1-5H2,(H,41,42). The summed E-state index contributed by atoms with van der Waals surface area (Å²) in [7, 11) is 0. The second kappa shape index (κ2) is 10.9. The third-order valence-corrected chi connectivity index (χ3v) is 8.72. The zero-order valence-electron chi connectivity index (χ0n) is 22.7. The van der Waals surface area contributed by atoms with E-state index in [1.807, 2.05) is 60.7 Å². The van der Waals surface area contributed by atoms with E-state index in [2.05, 4.69) is 22.8 Å². The molecule has 5 nitrogen and oxygen atoms in total. The summed E-state index contributed by atoms with van der Waals surface area (Å²) in [5.41, 5.74) is 7.63. The highest BCUT2D eigenvalue weighted by Crippen LogP contribution is 2.38. The minimum atomic E-state index is -0.947. The molecule has 1 aliphatic carbocycles. The largest absolute Gasteiger partial charge is 0.478 e. The summed E-state index contributed by atoms with van der Waals surface area (Å²) in [6.07, 6.45) is 5.80. The molecule has 0 aliphatic heterocycles. The number of carboxylic acid groups (broad SMARTS) is 1. The number of nitrogens with zero attached hydrogens (tertiary/aromatic N) is 3. The number of imidazole rings is 1. The van der Waals surface area contributed by atoms with Gasteiger partial charge in [-0.05, 0) is 90.7 Å². The maximum Gasteiger partial charge on any atom is 0.335 e. The van der Waals surface area contributed by atoms with E-state index >= 15 is 0 Å². The fraction of sp³-hybridized carbons (Fsp3) is 0.171. The predicted molar refractivity (Wildman–Crippen MR) is 170 cm³/mol. The quantitative estimate of drug-likeness (QED) is 0.216. The number of benzene rings is 4. The van der Waals surface area contributed by atoms with Crippen molar-refractivity contribution in [1.82, 2.24) is 14.5 Å². The zero-order valence-corrected chi connectivity index (χ0v) is 24.2. The van der Waals surface area contributed by atoms with Crippen LogP contribution in [-0.4, -0.2) is 25.6 Å². The topological polar surface area (TPSA) is 68.0 Å². The van der Waals surface area contributed by atoms with Gasteiger partial charge in [-0.25, -0.2) is 14.8 Å². The van der Waals surface area contributed by atoms with Gasteiger partial charge in [-0.1, -0.05) is 66.7 Å². The summed E-state index contributed by atoms with van der Waals surface area (Å²) < 4.78 is 2.33. The Morgan fingerprint density at radius 1 is 0.714 bits per heavy atom. The Bertz CT molecular complexity index is 1980. The van der Waals surface area contributed by atoms with Crippen LogP contribution in [-0.2, 0) is 0 Å². The summed E-state index contributed by atoms with van der Waals surface area (Å²) in [5.74, 6) is -0.0811. The molecule has 2 aromatic heterocycles. The number of fused-ring (bicyclic) bond motifs is 2. The van der Waals surface area contributed by atoms with Crippen LogP contribution in [0.1, 0.15) is 48.5 Å². The van der Waals surface area contributed by atoms with E-state index in [4.69, 9.17) is 33.2 Å². The first kappa shape index (κ1) is 26.7. The molecule has 0 radical (unpaired) electrons. The lowest BCUT2D eigenvalue weighted by Gasteiger charge is -2.25. The number of carbonyl (C=O) groups is 1. The third-order valence-electron chi connectivity index (χ3n) is 8.24. The molecule has 0 atom stereocenters. The summed E-state index contributed by atoms with van der Waals surface area (Å²) in [6.45, 7) is 0. The molecule has 1 N–H and O–H groups in total. The first-order chi connectivity index (χ1) is 20.4. The van der Waals surface area contributed by atoms with Crippen molar-refractivity contribution in [3.63, 3.8) is 0 Å². The van der Waals surface area contributed by atoms with Crippen LogP contribution in [0.4, 0.5) is 0 Å². The molecule has 2 heterocycles. The highest BCUT2D eigenvalue weighted by atomic mass is 35.5. The zero-order chi connectivity index (χ0) is 28.8. The number of hydrogen-bond donors (Lipinski definition) is 1. The van der Waals surface area contributed by atoms with Crippen LogP contribution in [0, 0.1) is 0 Å². The van der Waals surface area contributed by atoms with E-state index in [9.17, 15) is 9.90 Å². The molecule has 1 aliphatic rings. The van der Waals surface area contributed by atoms with Crippen LogP contribution in [0.5, 0.6) is 0 Å². The SMILES string of the molecule is O=C(O)c1ccc2c(c1)nc(-c1ccc3nc(-c4cc(Cl)ccc4-c4ccc(Cl)cc4)ccc3c1)n2C1CCCCC1. The van der Waals surface area contributed by atoms with Gasteiger partial charge in [0.2, 0.25) is 0 Å². The monoisotopic (exact) mass is 591 g/mol. The van der Waals surface area contributed by atoms with Gasteiger partial charge in [0.15, 0.2) is 0 Å². The first-order valence-corrected chi connectivity index (χ1v) is 14.9.